The van der Waals surface area contributed by atoms with Crippen molar-refractivity contribution in [2.24, 2.45) is 5.41 Å². The lowest BCUT2D eigenvalue weighted by molar-refractivity contribution is -0.540. The van der Waals surface area contributed by atoms with Gasteiger partial charge in [0, 0.05) is 41.7 Å². The summed E-state index contributed by atoms with van der Waals surface area (Å²) in [6.45, 7) is 0.775. The fourth-order valence-corrected chi connectivity index (χ4v) is 6.48. The molecule has 8 heteroatoms. The van der Waals surface area contributed by atoms with Gasteiger partial charge in [0.2, 0.25) is 17.9 Å². The summed E-state index contributed by atoms with van der Waals surface area (Å²) in [6.07, 6.45) is 0.885. The number of fused-ring (bicyclic) bond motifs is 5. The molecular weight excluding hydrogens is 420 g/mol. The first-order chi connectivity index (χ1) is 15.9. The van der Waals surface area contributed by atoms with Crippen LogP contribution in [0.4, 0.5) is 0 Å². The van der Waals surface area contributed by atoms with Gasteiger partial charge in [0.15, 0.2) is 0 Å². The summed E-state index contributed by atoms with van der Waals surface area (Å²) >= 11 is 0. The topological polar surface area (TPSA) is 99.6 Å². The molecule has 168 valence electrons. The number of carbonyl (C=O) groups is 2. The van der Waals surface area contributed by atoms with E-state index in [4.69, 9.17) is 0 Å². The number of hydrogen-bond donors (Lipinski definition) is 1. The van der Waals surface area contributed by atoms with E-state index in [1.807, 2.05) is 54.6 Å². The number of aromatic amines is 1. The number of piperidine rings is 1. The lowest BCUT2D eigenvalue weighted by Crippen LogP contribution is -2.65. The molecule has 2 amide bonds. The Kier molecular flexibility index (Phi) is 4.18. The predicted molar refractivity (Wildman–Crippen MR) is 121 cm³/mol. The Bertz CT molecular complexity index is 1300. The number of rotatable bonds is 2. The Morgan fingerprint density at radius 2 is 1.76 bits per heavy atom. The van der Waals surface area contributed by atoms with Crippen LogP contribution in [0.3, 0.4) is 0 Å². The highest BCUT2D eigenvalue weighted by Crippen LogP contribution is 2.57. The molecule has 0 unspecified atom stereocenters. The Hall–Kier alpha value is -3.68. The number of para-hydroxylation sites is 1. The van der Waals surface area contributed by atoms with Crippen LogP contribution >= 0.6 is 0 Å². The van der Waals surface area contributed by atoms with Gasteiger partial charge in [0.25, 0.3) is 0 Å². The number of hydrogen-bond acceptors (Lipinski definition) is 4. The van der Waals surface area contributed by atoms with E-state index in [2.05, 4.69) is 4.98 Å². The van der Waals surface area contributed by atoms with Crippen molar-refractivity contribution in [2.45, 2.75) is 30.8 Å². The number of aromatic nitrogens is 1. The minimum atomic E-state index is -1.45. The molecule has 8 nitrogen and oxygen atoms in total. The second-order valence-electron chi connectivity index (χ2n) is 9.37. The SMILES string of the molecule is CN1CC[C@]2(C1=O)C(=O)N1CCc3c([nH]c4ccccc34)[C@H]1[C@H]([N+](=O)[O-])[C@H]2c1ccccc1. The monoisotopic (exact) mass is 444 g/mol. The van der Waals surface area contributed by atoms with Crippen molar-refractivity contribution < 1.29 is 14.5 Å². The van der Waals surface area contributed by atoms with Gasteiger partial charge in [-0.25, -0.2) is 0 Å². The highest BCUT2D eigenvalue weighted by molar-refractivity contribution is 6.08. The molecule has 4 atom stereocenters. The van der Waals surface area contributed by atoms with Gasteiger partial charge in [0.05, 0.1) is 5.92 Å². The number of nitrogens with one attached hydrogen (secondary N) is 1. The van der Waals surface area contributed by atoms with Crippen molar-refractivity contribution in [3.8, 4) is 0 Å². The molecule has 0 saturated carbocycles. The first kappa shape index (κ1) is 20.0. The van der Waals surface area contributed by atoms with Crippen LogP contribution in [0.25, 0.3) is 10.9 Å². The van der Waals surface area contributed by atoms with Gasteiger partial charge in [-0.3, -0.25) is 19.7 Å². The van der Waals surface area contributed by atoms with Gasteiger partial charge in [0.1, 0.15) is 11.5 Å². The first-order valence-electron chi connectivity index (χ1n) is 11.3. The van der Waals surface area contributed by atoms with Gasteiger partial charge in [-0.1, -0.05) is 48.5 Å². The van der Waals surface area contributed by atoms with Crippen LogP contribution < -0.4 is 0 Å². The van der Waals surface area contributed by atoms with Crippen LogP contribution in [0.1, 0.15) is 35.2 Å². The second-order valence-corrected chi connectivity index (χ2v) is 9.37. The van der Waals surface area contributed by atoms with Crippen molar-refractivity contribution in [1.82, 2.24) is 14.8 Å². The molecule has 3 aliphatic heterocycles. The van der Waals surface area contributed by atoms with Crippen molar-refractivity contribution in [3.63, 3.8) is 0 Å². The average molecular weight is 444 g/mol. The third-order valence-corrected chi connectivity index (χ3v) is 7.89. The van der Waals surface area contributed by atoms with Crippen LogP contribution in [0.2, 0.25) is 0 Å². The minimum Gasteiger partial charge on any atom is -0.356 e. The Morgan fingerprint density at radius 1 is 1.03 bits per heavy atom. The van der Waals surface area contributed by atoms with Crippen molar-refractivity contribution in [3.05, 3.63) is 81.5 Å². The Morgan fingerprint density at radius 3 is 2.45 bits per heavy atom. The number of H-pyrrole nitrogens is 1. The summed E-state index contributed by atoms with van der Waals surface area (Å²) in [7, 11) is 1.67. The zero-order chi connectivity index (χ0) is 22.9. The van der Waals surface area contributed by atoms with Gasteiger partial charge in [-0.05, 0) is 30.0 Å². The molecule has 2 fully saturated rings. The third-order valence-electron chi connectivity index (χ3n) is 7.89. The molecule has 0 aliphatic carbocycles. The maximum Gasteiger partial charge on any atom is 0.247 e. The summed E-state index contributed by atoms with van der Waals surface area (Å²) in [5.41, 5.74) is 1.89. The standard InChI is InChI=1S/C25H24N4O4/c1-27-14-12-25(23(27)30)19(15-7-3-2-4-8-15)21(29(32)33)22-20-17(11-13-28(22)24(25)31)16-9-5-6-10-18(16)26-20/h2-10,19,21-22,26H,11-14H2,1H3/t19-,21-,22+,25+/m1/s1. The molecule has 1 aromatic heterocycles. The summed E-state index contributed by atoms with van der Waals surface area (Å²) in [4.78, 5) is 46.8. The number of likely N-dealkylation sites (tertiary alicyclic amines) is 1. The summed E-state index contributed by atoms with van der Waals surface area (Å²) in [6, 6.07) is 15.0. The molecule has 3 aromatic rings. The first-order valence-corrected chi connectivity index (χ1v) is 11.3. The molecule has 1 spiro atoms. The molecule has 3 aliphatic rings. The normalized spacial score (nSPS) is 28.9. The number of nitrogens with zero attached hydrogens (tertiary/aromatic N) is 3. The molecule has 6 rings (SSSR count). The smallest absolute Gasteiger partial charge is 0.247 e. The highest BCUT2D eigenvalue weighted by Gasteiger charge is 2.69. The van der Waals surface area contributed by atoms with Crippen molar-refractivity contribution >= 4 is 22.7 Å². The van der Waals surface area contributed by atoms with E-state index < -0.39 is 23.4 Å². The van der Waals surface area contributed by atoms with E-state index in [0.717, 1.165) is 22.2 Å². The Balaban J connectivity index is 1.62. The van der Waals surface area contributed by atoms with Crippen LogP contribution in [-0.4, -0.2) is 57.7 Å². The minimum absolute atomic E-state index is 0.268. The zero-order valence-corrected chi connectivity index (χ0v) is 18.2. The van der Waals surface area contributed by atoms with E-state index in [0.29, 0.717) is 25.1 Å². The maximum absolute atomic E-state index is 14.2. The molecule has 1 N–H and O–H groups in total. The largest absolute Gasteiger partial charge is 0.356 e. The molecule has 33 heavy (non-hydrogen) atoms. The lowest BCUT2D eigenvalue weighted by atomic mass is 9.61. The fourth-order valence-electron chi connectivity index (χ4n) is 6.48. The van der Waals surface area contributed by atoms with Crippen LogP contribution in [0, 0.1) is 15.5 Å². The molecule has 2 saturated heterocycles. The molecule has 4 heterocycles. The van der Waals surface area contributed by atoms with E-state index in [1.54, 1.807) is 16.8 Å². The van der Waals surface area contributed by atoms with E-state index >= 15 is 0 Å². The third kappa shape index (κ3) is 2.52. The van der Waals surface area contributed by atoms with E-state index in [-0.39, 0.29) is 23.2 Å². The highest BCUT2D eigenvalue weighted by atomic mass is 16.6. The van der Waals surface area contributed by atoms with Crippen LogP contribution in [0.5, 0.6) is 0 Å². The van der Waals surface area contributed by atoms with Gasteiger partial charge in [-0.2, -0.15) is 0 Å². The van der Waals surface area contributed by atoms with Gasteiger partial charge < -0.3 is 14.8 Å². The number of amides is 2. The van der Waals surface area contributed by atoms with Crippen molar-refractivity contribution in [2.75, 3.05) is 20.1 Å². The average Bonchev–Trinajstić information content (AvgIpc) is 3.35. The summed E-state index contributed by atoms with van der Waals surface area (Å²) in [5, 5.41) is 13.8. The lowest BCUT2D eigenvalue weighted by Gasteiger charge is -2.50. The second kappa shape index (κ2) is 6.91. The maximum atomic E-state index is 14.2. The number of nitro groups is 1. The van der Waals surface area contributed by atoms with E-state index in [9.17, 15) is 19.7 Å². The van der Waals surface area contributed by atoms with Gasteiger partial charge in [-0.15, -0.1) is 0 Å². The molecule has 2 aromatic carbocycles. The molecular formula is C25H24N4O4. The fraction of sp³-hybridized carbons (Fsp3) is 0.360. The van der Waals surface area contributed by atoms with E-state index in [1.165, 1.54) is 0 Å². The molecule has 0 bridgehead atoms. The Labute approximate surface area is 190 Å². The van der Waals surface area contributed by atoms with Crippen LogP contribution in [-0.2, 0) is 16.0 Å². The quantitative estimate of drug-likeness (QED) is 0.373. The summed E-state index contributed by atoms with van der Waals surface area (Å²) < 4.78 is 0. The van der Waals surface area contributed by atoms with Crippen LogP contribution in [0.15, 0.2) is 54.6 Å². The summed E-state index contributed by atoms with van der Waals surface area (Å²) in [5.74, 6) is -1.44. The molecule has 0 radical (unpaired) electrons. The zero-order valence-electron chi connectivity index (χ0n) is 18.2. The number of benzene rings is 2. The van der Waals surface area contributed by atoms with Crippen molar-refractivity contribution in [1.29, 1.82) is 0 Å². The van der Waals surface area contributed by atoms with Gasteiger partial charge >= 0.3 is 0 Å². The number of carbonyl (C=O) groups excluding carboxylic acids is 2. The predicted octanol–water partition coefficient (Wildman–Crippen LogP) is 2.88.